The molecule has 4 heteroatoms. The van der Waals surface area contributed by atoms with Crippen molar-refractivity contribution in [1.29, 1.82) is 5.26 Å². The molecule has 2 aromatic rings. The Kier molecular flexibility index (Phi) is 12.8. The highest BCUT2D eigenvalue weighted by atomic mass is 16.5. The Morgan fingerprint density at radius 2 is 1.27 bits per heavy atom. The zero-order valence-electron chi connectivity index (χ0n) is 20.4. The molecule has 0 aliphatic heterocycles. The molecule has 33 heavy (non-hydrogen) atoms. The van der Waals surface area contributed by atoms with Crippen molar-refractivity contribution in [3.8, 4) is 22.9 Å². The van der Waals surface area contributed by atoms with E-state index in [1.165, 1.54) is 38.5 Å². The standard InChI is InChI=1S/C29H39NO3/c1-3-24(2)29(31)33-22-12-10-8-6-4-5-7-9-11-21-32-28-19-17-27(18-20-28)26-15-13-25(23-30)14-16-26/h13-20,24H,3-12,21-22H2,1-2H3. The maximum absolute atomic E-state index is 11.6. The topological polar surface area (TPSA) is 59.3 Å². The summed E-state index contributed by atoms with van der Waals surface area (Å²) in [6.07, 6.45) is 11.6. The molecule has 4 nitrogen and oxygen atoms in total. The maximum Gasteiger partial charge on any atom is 0.308 e. The number of nitrogens with zero attached hydrogens (tertiary/aromatic N) is 1. The summed E-state index contributed by atoms with van der Waals surface area (Å²) in [6, 6.07) is 17.9. The van der Waals surface area contributed by atoms with Gasteiger partial charge in [-0.1, -0.05) is 83.1 Å². The number of unbranched alkanes of at least 4 members (excludes halogenated alkanes) is 8. The Balaban J connectivity index is 1.44. The molecule has 0 heterocycles. The van der Waals surface area contributed by atoms with Crippen molar-refractivity contribution < 1.29 is 14.3 Å². The molecule has 0 aliphatic rings. The van der Waals surface area contributed by atoms with Crippen molar-refractivity contribution in [2.45, 2.75) is 78.1 Å². The van der Waals surface area contributed by atoms with Gasteiger partial charge in [0, 0.05) is 0 Å². The fourth-order valence-corrected chi connectivity index (χ4v) is 3.59. The lowest BCUT2D eigenvalue weighted by molar-refractivity contribution is -0.148. The summed E-state index contributed by atoms with van der Waals surface area (Å²) in [6.45, 7) is 5.26. The molecule has 2 aromatic carbocycles. The SMILES string of the molecule is CCC(C)C(=O)OCCCCCCCCCCCOc1ccc(-c2ccc(C#N)cc2)cc1. The first kappa shape index (κ1) is 26.5. The molecule has 0 radical (unpaired) electrons. The van der Waals surface area contributed by atoms with E-state index in [1.54, 1.807) is 0 Å². The van der Waals surface area contributed by atoms with E-state index < -0.39 is 0 Å². The minimum atomic E-state index is -0.0541. The van der Waals surface area contributed by atoms with Crippen LogP contribution in [0.1, 0.15) is 83.6 Å². The van der Waals surface area contributed by atoms with E-state index in [9.17, 15) is 4.79 Å². The fraction of sp³-hybridized carbons (Fsp3) is 0.517. The lowest BCUT2D eigenvalue weighted by atomic mass is 10.0. The first-order chi connectivity index (χ1) is 16.1. The van der Waals surface area contributed by atoms with Gasteiger partial charge < -0.3 is 9.47 Å². The normalized spacial score (nSPS) is 11.5. The quantitative estimate of drug-likeness (QED) is 0.194. The van der Waals surface area contributed by atoms with Gasteiger partial charge in [0.25, 0.3) is 0 Å². The molecule has 178 valence electrons. The van der Waals surface area contributed by atoms with Gasteiger partial charge in [0.1, 0.15) is 5.75 Å². The summed E-state index contributed by atoms with van der Waals surface area (Å²) >= 11 is 0. The molecule has 0 amide bonds. The molecule has 2 rings (SSSR count). The smallest absolute Gasteiger partial charge is 0.308 e. The molecular weight excluding hydrogens is 410 g/mol. The Morgan fingerprint density at radius 3 is 1.79 bits per heavy atom. The Hall–Kier alpha value is -2.80. The predicted molar refractivity (Wildman–Crippen MR) is 134 cm³/mol. The second-order valence-electron chi connectivity index (χ2n) is 8.72. The van der Waals surface area contributed by atoms with Gasteiger partial charge in [0.15, 0.2) is 0 Å². The number of benzene rings is 2. The second kappa shape index (κ2) is 15.9. The second-order valence-corrected chi connectivity index (χ2v) is 8.72. The van der Waals surface area contributed by atoms with Gasteiger partial charge >= 0.3 is 5.97 Å². The van der Waals surface area contributed by atoms with E-state index in [0.29, 0.717) is 12.2 Å². The monoisotopic (exact) mass is 449 g/mol. The summed E-state index contributed by atoms with van der Waals surface area (Å²) in [5.41, 5.74) is 2.90. The predicted octanol–water partition coefficient (Wildman–Crippen LogP) is 7.70. The van der Waals surface area contributed by atoms with E-state index in [1.807, 2.05) is 50.2 Å². The maximum atomic E-state index is 11.6. The van der Waals surface area contributed by atoms with Crippen molar-refractivity contribution in [2.24, 2.45) is 5.92 Å². The molecule has 0 fully saturated rings. The van der Waals surface area contributed by atoms with Gasteiger partial charge in [-0.25, -0.2) is 0 Å². The van der Waals surface area contributed by atoms with Gasteiger partial charge in [-0.15, -0.1) is 0 Å². The Labute approximate surface area is 199 Å². The zero-order chi connectivity index (χ0) is 23.7. The van der Waals surface area contributed by atoms with Crippen LogP contribution in [0.15, 0.2) is 48.5 Å². The molecule has 0 N–H and O–H groups in total. The third-order valence-electron chi connectivity index (χ3n) is 6.02. The lowest BCUT2D eigenvalue weighted by Gasteiger charge is -2.09. The molecule has 0 bridgehead atoms. The highest BCUT2D eigenvalue weighted by Gasteiger charge is 2.10. The average Bonchev–Trinajstić information content (AvgIpc) is 2.86. The number of nitriles is 1. The van der Waals surface area contributed by atoms with Crippen molar-refractivity contribution in [2.75, 3.05) is 13.2 Å². The van der Waals surface area contributed by atoms with Crippen LogP contribution in [0.25, 0.3) is 11.1 Å². The van der Waals surface area contributed by atoms with E-state index in [2.05, 4.69) is 18.2 Å². The summed E-state index contributed by atoms with van der Waals surface area (Å²) < 4.78 is 11.2. The van der Waals surface area contributed by atoms with Crippen LogP contribution in [0, 0.1) is 17.2 Å². The molecule has 0 saturated heterocycles. The summed E-state index contributed by atoms with van der Waals surface area (Å²) in [5.74, 6) is 0.875. The summed E-state index contributed by atoms with van der Waals surface area (Å²) in [4.78, 5) is 11.6. The molecule has 1 atom stereocenters. The number of rotatable bonds is 16. The van der Waals surface area contributed by atoms with Crippen LogP contribution in [0.3, 0.4) is 0 Å². The number of ether oxygens (including phenoxy) is 2. The van der Waals surface area contributed by atoms with E-state index in [-0.39, 0.29) is 11.9 Å². The number of hydrogen-bond donors (Lipinski definition) is 0. The highest BCUT2D eigenvalue weighted by molar-refractivity contribution is 5.71. The molecule has 0 saturated carbocycles. The molecule has 1 unspecified atom stereocenters. The van der Waals surface area contributed by atoms with Gasteiger partial charge in [0.05, 0.1) is 30.8 Å². The minimum absolute atomic E-state index is 0.0241. The largest absolute Gasteiger partial charge is 0.494 e. The highest BCUT2D eigenvalue weighted by Crippen LogP contribution is 2.23. The Morgan fingerprint density at radius 1 is 0.788 bits per heavy atom. The first-order valence-corrected chi connectivity index (χ1v) is 12.5. The van der Waals surface area contributed by atoms with Gasteiger partial charge in [-0.05, 0) is 54.7 Å². The van der Waals surface area contributed by atoms with E-state index in [0.717, 1.165) is 49.2 Å². The minimum Gasteiger partial charge on any atom is -0.494 e. The summed E-state index contributed by atoms with van der Waals surface area (Å²) in [5, 5.41) is 8.90. The third-order valence-corrected chi connectivity index (χ3v) is 6.02. The van der Waals surface area contributed by atoms with Crippen LogP contribution in [-0.2, 0) is 9.53 Å². The van der Waals surface area contributed by atoms with Crippen LogP contribution >= 0.6 is 0 Å². The Bertz CT molecular complexity index is 837. The van der Waals surface area contributed by atoms with Gasteiger partial charge in [0.2, 0.25) is 0 Å². The average molecular weight is 450 g/mol. The number of carbonyl (C=O) groups excluding carboxylic acids is 1. The van der Waals surface area contributed by atoms with E-state index >= 15 is 0 Å². The van der Waals surface area contributed by atoms with Crippen molar-refractivity contribution in [1.82, 2.24) is 0 Å². The zero-order valence-corrected chi connectivity index (χ0v) is 20.4. The molecule has 0 aliphatic carbocycles. The number of esters is 1. The van der Waals surface area contributed by atoms with Crippen LogP contribution in [0.2, 0.25) is 0 Å². The fourth-order valence-electron chi connectivity index (χ4n) is 3.59. The lowest BCUT2D eigenvalue weighted by Crippen LogP contribution is -2.14. The van der Waals surface area contributed by atoms with Crippen molar-refractivity contribution in [3.63, 3.8) is 0 Å². The molecular formula is C29H39NO3. The molecule has 0 spiro atoms. The number of hydrogen-bond acceptors (Lipinski definition) is 4. The first-order valence-electron chi connectivity index (χ1n) is 12.5. The van der Waals surface area contributed by atoms with Crippen molar-refractivity contribution in [3.05, 3.63) is 54.1 Å². The van der Waals surface area contributed by atoms with Crippen LogP contribution in [0.5, 0.6) is 5.75 Å². The van der Waals surface area contributed by atoms with Crippen LogP contribution < -0.4 is 4.74 Å². The van der Waals surface area contributed by atoms with Gasteiger partial charge in [-0.3, -0.25) is 4.79 Å². The van der Waals surface area contributed by atoms with Crippen molar-refractivity contribution >= 4 is 5.97 Å². The number of carbonyl (C=O) groups is 1. The third kappa shape index (κ3) is 10.6. The molecule has 0 aromatic heterocycles. The van der Waals surface area contributed by atoms with Crippen LogP contribution in [-0.4, -0.2) is 19.2 Å². The van der Waals surface area contributed by atoms with Crippen LogP contribution in [0.4, 0.5) is 0 Å². The summed E-state index contributed by atoms with van der Waals surface area (Å²) in [7, 11) is 0. The van der Waals surface area contributed by atoms with E-state index in [4.69, 9.17) is 14.7 Å². The van der Waals surface area contributed by atoms with Gasteiger partial charge in [-0.2, -0.15) is 5.26 Å².